The number of carbonyl (C=O) groups is 1. The van der Waals surface area contributed by atoms with Crippen LogP contribution in [0.1, 0.15) is 14.5 Å². The van der Waals surface area contributed by atoms with Crippen LogP contribution in [0.4, 0.5) is 11.4 Å². The normalized spacial score (nSPS) is 10.3. The van der Waals surface area contributed by atoms with Gasteiger partial charge in [-0.1, -0.05) is 11.6 Å². The van der Waals surface area contributed by atoms with Gasteiger partial charge in [-0.25, -0.2) is 0 Å². The van der Waals surface area contributed by atoms with Gasteiger partial charge in [-0.15, -0.1) is 11.3 Å². The minimum absolute atomic E-state index is 0.265. The number of hydrogen-bond donors (Lipinski definition) is 2. The van der Waals surface area contributed by atoms with Crippen LogP contribution < -0.4 is 20.5 Å². The number of aryl methyl sites for hydroxylation is 1. The molecule has 2 aromatic rings. The number of nitrogens with two attached hydrogens (primary N) is 1. The highest BCUT2D eigenvalue weighted by atomic mass is 35.5. The summed E-state index contributed by atoms with van der Waals surface area (Å²) in [5.74, 6) is 0.674. The van der Waals surface area contributed by atoms with Gasteiger partial charge in [-0.3, -0.25) is 4.79 Å². The molecule has 3 N–H and O–H groups in total. The average molecular weight is 327 g/mol. The van der Waals surface area contributed by atoms with Crippen molar-refractivity contribution in [1.82, 2.24) is 0 Å². The third-order valence-corrected chi connectivity index (χ3v) is 4.26. The Kier molecular flexibility index (Phi) is 4.59. The van der Waals surface area contributed by atoms with E-state index in [1.54, 1.807) is 18.2 Å². The lowest BCUT2D eigenvalue weighted by molar-refractivity contribution is 0.103. The summed E-state index contributed by atoms with van der Waals surface area (Å²) in [6, 6.07) is 4.85. The molecule has 7 heteroatoms. The Labute approximate surface area is 131 Å². The number of nitrogens with one attached hydrogen (secondary N) is 1. The number of methoxy groups -OCH3 is 2. The highest BCUT2D eigenvalue weighted by molar-refractivity contribution is 7.14. The smallest absolute Gasteiger partial charge is 0.265 e. The molecule has 5 nitrogen and oxygen atoms in total. The number of anilines is 2. The van der Waals surface area contributed by atoms with Crippen LogP contribution >= 0.6 is 22.9 Å². The molecule has 1 heterocycles. The maximum absolute atomic E-state index is 12.2. The summed E-state index contributed by atoms with van der Waals surface area (Å²) in [6.45, 7) is 1.86. The van der Waals surface area contributed by atoms with Crippen molar-refractivity contribution in [2.75, 3.05) is 25.3 Å². The Balaban J connectivity index is 2.30. The van der Waals surface area contributed by atoms with Gasteiger partial charge in [-0.05, 0) is 19.1 Å². The molecule has 1 aromatic carbocycles. The van der Waals surface area contributed by atoms with Gasteiger partial charge in [-0.2, -0.15) is 0 Å². The monoisotopic (exact) mass is 326 g/mol. The summed E-state index contributed by atoms with van der Waals surface area (Å²) in [5.41, 5.74) is 6.83. The van der Waals surface area contributed by atoms with Gasteiger partial charge < -0.3 is 20.5 Å². The number of ether oxygens (including phenoxy) is 2. The third kappa shape index (κ3) is 3.22. The Hall–Kier alpha value is -1.92. The molecule has 0 radical (unpaired) electrons. The molecule has 0 aliphatic carbocycles. The molecule has 0 bridgehead atoms. The number of hydrogen-bond acceptors (Lipinski definition) is 5. The zero-order valence-electron chi connectivity index (χ0n) is 11.8. The van der Waals surface area contributed by atoms with Crippen molar-refractivity contribution >= 4 is 40.2 Å². The Bertz CT molecular complexity index is 666. The highest BCUT2D eigenvalue weighted by Gasteiger charge is 2.15. The number of rotatable bonds is 4. The number of carbonyl (C=O) groups excluding carboxylic acids is 1. The average Bonchev–Trinajstić information content (AvgIpc) is 2.79. The fourth-order valence-electron chi connectivity index (χ4n) is 1.75. The fraction of sp³-hybridized carbons (Fsp3) is 0.214. The maximum Gasteiger partial charge on any atom is 0.265 e. The van der Waals surface area contributed by atoms with Gasteiger partial charge in [0.2, 0.25) is 0 Å². The minimum Gasteiger partial charge on any atom is -0.495 e. The number of nitrogen functional groups attached to an aromatic ring is 1. The zero-order valence-corrected chi connectivity index (χ0v) is 13.4. The van der Waals surface area contributed by atoms with E-state index in [1.165, 1.54) is 25.6 Å². The molecular weight excluding hydrogens is 312 g/mol. The Morgan fingerprint density at radius 1 is 1.24 bits per heavy atom. The van der Waals surface area contributed by atoms with Crippen LogP contribution in [0.2, 0.25) is 5.02 Å². The van der Waals surface area contributed by atoms with E-state index in [9.17, 15) is 4.79 Å². The Morgan fingerprint density at radius 3 is 2.43 bits per heavy atom. The second-order valence-corrected chi connectivity index (χ2v) is 5.93. The first-order chi connectivity index (χ1) is 9.96. The van der Waals surface area contributed by atoms with Gasteiger partial charge >= 0.3 is 0 Å². The molecule has 112 valence electrons. The topological polar surface area (TPSA) is 73.6 Å². The van der Waals surface area contributed by atoms with Crippen LogP contribution in [-0.2, 0) is 0 Å². The highest BCUT2D eigenvalue weighted by Crippen LogP contribution is 2.36. The van der Waals surface area contributed by atoms with E-state index >= 15 is 0 Å². The van der Waals surface area contributed by atoms with E-state index in [2.05, 4.69) is 5.32 Å². The van der Waals surface area contributed by atoms with Crippen molar-refractivity contribution < 1.29 is 14.3 Å². The molecular formula is C14H15ClN2O3S. The zero-order chi connectivity index (χ0) is 15.6. The summed E-state index contributed by atoms with van der Waals surface area (Å²) in [7, 11) is 3.02. The van der Waals surface area contributed by atoms with E-state index < -0.39 is 0 Å². The predicted molar refractivity (Wildman–Crippen MR) is 86.0 cm³/mol. The molecule has 0 atom stereocenters. The molecule has 0 saturated heterocycles. The molecule has 0 saturated carbocycles. The lowest BCUT2D eigenvalue weighted by Crippen LogP contribution is -2.11. The number of benzene rings is 1. The summed E-state index contributed by atoms with van der Waals surface area (Å²) in [6.07, 6.45) is 0. The van der Waals surface area contributed by atoms with E-state index in [1.807, 2.05) is 6.92 Å². The van der Waals surface area contributed by atoms with E-state index in [-0.39, 0.29) is 5.91 Å². The first-order valence-corrected chi connectivity index (χ1v) is 7.24. The van der Waals surface area contributed by atoms with Crippen LogP contribution in [0.3, 0.4) is 0 Å². The van der Waals surface area contributed by atoms with Crippen molar-refractivity contribution in [3.8, 4) is 11.5 Å². The molecule has 1 amide bonds. The van der Waals surface area contributed by atoms with Gasteiger partial charge in [0.1, 0.15) is 11.5 Å². The lowest BCUT2D eigenvalue weighted by atomic mass is 10.2. The quantitative estimate of drug-likeness (QED) is 0.901. The van der Waals surface area contributed by atoms with Crippen LogP contribution in [0.15, 0.2) is 18.2 Å². The predicted octanol–water partition coefficient (Wildman–Crippen LogP) is 3.56. The van der Waals surface area contributed by atoms with Crippen molar-refractivity contribution in [2.24, 2.45) is 0 Å². The molecule has 1 aromatic heterocycles. The minimum atomic E-state index is -0.265. The SMILES string of the molecule is COc1cc(OC)c(NC(=O)c2cc(N)c(C)s2)cc1Cl. The van der Waals surface area contributed by atoms with E-state index in [4.69, 9.17) is 26.8 Å². The summed E-state index contributed by atoms with van der Waals surface area (Å²) < 4.78 is 10.3. The van der Waals surface area contributed by atoms with E-state index in [0.717, 1.165) is 4.88 Å². The summed E-state index contributed by atoms with van der Waals surface area (Å²) >= 11 is 7.40. The lowest BCUT2D eigenvalue weighted by Gasteiger charge is -2.12. The van der Waals surface area contributed by atoms with Crippen molar-refractivity contribution in [3.63, 3.8) is 0 Å². The van der Waals surface area contributed by atoms with Gasteiger partial charge in [0.25, 0.3) is 5.91 Å². The maximum atomic E-state index is 12.2. The molecule has 0 aliphatic heterocycles. The molecule has 0 spiro atoms. The van der Waals surface area contributed by atoms with Crippen LogP contribution in [0, 0.1) is 6.92 Å². The third-order valence-electron chi connectivity index (χ3n) is 2.90. The second kappa shape index (κ2) is 6.24. The number of amides is 1. The first kappa shape index (κ1) is 15.5. The molecule has 2 rings (SSSR count). The fourth-order valence-corrected chi connectivity index (χ4v) is 2.83. The van der Waals surface area contributed by atoms with Gasteiger partial charge in [0.15, 0.2) is 0 Å². The molecule has 0 unspecified atom stereocenters. The number of halogens is 1. The standard InChI is InChI=1S/C14H15ClN2O3S/c1-7-9(16)5-13(21-7)14(18)17-10-4-8(15)11(19-2)6-12(10)20-3/h4-6H,16H2,1-3H3,(H,17,18). The molecule has 0 fully saturated rings. The molecule has 0 aliphatic rings. The van der Waals surface area contributed by atoms with Gasteiger partial charge in [0.05, 0.1) is 29.8 Å². The summed E-state index contributed by atoms with van der Waals surface area (Å²) in [4.78, 5) is 13.7. The first-order valence-electron chi connectivity index (χ1n) is 6.05. The van der Waals surface area contributed by atoms with Crippen molar-refractivity contribution in [1.29, 1.82) is 0 Å². The van der Waals surface area contributed by atoms with Crippen LogP contribution in [0.5, 0.6) is 11.5 Å². The van der Waals surface area contributed by atoms with Crippen LogP contribution in [0.25, 0.3) is 0 Å². The van der Waals surface area contributed by atoms with Crippen LogP contribution in [-0.4, -0.2) is 20.1 Å². The van der Waals surface area contributed by atoms with Crippen molar-refractivity contribution in [2.45, 2.75) is 6.92 Å². The Morgan fingerprint density at radius 2 is 1.90 bits per heavy atom. The van der Waals surface area contributed by atoms with E-state index in [0.29, 0.717) is 32.8 Å². The number of thiophene rings is 1. The van der Waals surface area contributed by atoms with Crippen molar-refractivity contribution in [3.05, 3.63) is 33.0 Å². The second-order valence-electron chi connectivity index (χ2n) is 4.26. The summed E-state index contributed by atoms with van der Waals surface area (Å²) in [5, 5.41) is 3.15. The van der Waals surface area contributed by atoms with Gasteiger partial charge in [0, 0.05) is 16.6 Å². The largest absolute Gasteiger partial charge is 0.495 e. The molecule has 21 heavy (non-hydrogen) atoms.